The smallest absolute Gasteiger partial charge is 0.203 e. The molecule has 0 fully saturated rings. The minimum Gasteiger partial charge on any atom is -0.492 e. The first kappa shape index (κ1) is 14.3. The molecule has 0 aliphatic heterocycles. The van der Waals surface area contributed by atoms with E-state index in [-0.39, 0.29) is 5.78 Å². The second-order valence-corrected chi connectivity index (χ2v) is 6.03. The van der Waals surface area contributed by atoms with E-state index in [0.29, 0.717) is 12.2 Å². The minimum absolute atomic E-state index is 0.0650. The van der Waals surface area contributed by atoms with E-state index in [2.05, 4.69) is 22.9 Å². The molecular weight excluding hydrogens is 324 g/mol. The van der Waals surface area contributed by atoms with Crippen LogP contribution in [0.3, 0.4) is 0 Å². The normalized spacial score (nSPS) is 10.5. The average Bonchev–Trinajstić information content (AvgIpc) is 2.82. The number of carbonyl (C=O) groups excluding carboxylic acids is 1. The Hall–Kier alpha value is -1.13. The van der Waals surface area contributed by atoms with Crippen molar-refractivity contribution < 1.29 is 9.53 Å². The molecule has 2 nitrogen and oxygen atoms in total. The fraction of sp³-hybridized carbons (Fsp3) is 0.267. The predicted molar refractivity (Wildman–Crippen MR) is 82.4 cm³/mol. The van der Waals surface area contributed by atoms with Gasteiger partial charge in [-0.3, -0.25) is 4.79 Å². The number of aryl methyl sites for hydroxylation is 1. The van der Waals surface area contributed by atoms with Crippen LogP contribution < -0.4 is 4.74 Å². The Balaban J connectivity index is 2.25. The third-order valence-electron chi connectivity index (χ3n) is 2.72. The zero-order valence-electron chi connectivity index (χ0n) is 10.9. The number of thiophene rings is 1. The first-order valence-corrected chi connectivity index (χ1v) is 7.82. The maximum absolute atomic E-state index is 12.4. The van der Waals surface area contributed by atoms with E-state index in [0.717, 1.165) is 27.1 Å². The molecular formula is C15H15BrO2S. The van der Waals surface area contributed by atoms with Gasteiger partial charge >= 0.3 is 0 Å². The molecule has 100 valence electrons. The van der Waals surface area contributed by atoms with Crippen LogP contribution in [0.2, 0.25) is 0 Å². The lowest BCUT2D eigenvalue weighted by Crippen LogP contribution is -2.02. The Morgan fingerprint density at radius 2 is 2.16 bits per heavy atom. The van der Waals surface area contributed by atoms with Gasteiger partial charge in [0.2, 0.25) is 5.78 Å². The molecule has 19 heavy (non-hydrogen) atoms. The number of halogens is 1. The largest absolute Gasteiger partial charge is 0.492 e. The van der Waals surface area contributed by atoms with Gasteiger partial charge in [-0.25, -0.2) is 0 Å². The third kappa shape index (κ3) is 3.25. The first-order valence-electron chi connectivity index (χ1n) is 6.14. The van der Waals surface area contributed by atoms with E-state index in [1.54, 1.807) is 0 Å². The van der Waals surface area contributed by atoms with Crippen LogP contribution in [-0.2, 0) is 0 Å². The number of hydrogen-bond acceptors (Lipinski definition) is 3. The maximum Gasteiger partial charge on any atom is 0.203 e. The van der Waals surface area contributed by atoms with E-state index in [1.807, 2.05) is 36.6 Å². The van der Waals surface area contributed by atoms with Crippen LogP contribution in [-0.4, -0.2) is 12.4 Å². The van der Waals surface area contributed by atoms with E-state index >= 15 is 0 Å². The van der Waals surface area contributed by atoms with Gasteiger partial charge in [-0.1, -0.05) is 6.92 Å². The Morgan fingerprint density at radius 1 is 1.37 bits per heavy atom. The van der Waals surface area contributed by atoms with E-state index in [9.17, 15) is 4.79 Å². The number of benzene rings is 1. The lowest BCUT2D eigenvalue weighted by atomic mass is 10.1. The van der Waals surface area contributed by atoms with Crippen molar-refractivity contribution in [3.63, 3.8) is 0 Å². The first-order chi connectivity index (χ1) is 9.13. The number of ketones is 1. The van der Waals surface area contributed by atoms with E-state index in [1.165, 1.54) is 11.3 Å². The molecule has 0 spiro atoms. The number of carbonyl (C=O) groups is 1. The zero-order chi connectivity index (χ0) is 13.8. The molecule has 2 rings (SSSR count). The monoisotopic (exact) mass is 338 g/mol. The summed E-state index contributed by atoms with van der Waals surface area (Å²) in [4.78, 5) is 13.2. The van der Waals surface area contributed by atoms with Crippen molar-refractivity contribution in [3.8, 4) is 5.75 Å². The van der Waals surface area contributed by atoms with Gasteiger partial charge in [-0.15, -0.1) is 11.3 Å². The predicted octanol–water partition coefficient (Wildman–Crippen LogP) is 4.84. The molecule has 0 amide bonds. The molecule has 4 heteroatoms. The number of ether oxygens (including phenoxy) is 1. The van der Waals surface area contributed by atoms with E-state index < -0.39 is 0 Å². The Morgan fingerprint density at radius 3 is 2.74 bits per heavy atom. The highest BCUT2D eigenvalue weighted by Gasteiger charge is 2.14. The standard InChI is InChI=1S/C15H15BrO2S/c1-3-7-18-13-5-4-11(9-12(13)16)14(17)15-10(2)6-8-19-15/h4-6,8-9H,3,7H2,1-2H3. The number of rotatable bonds is 5. The van der Waals surface area contributed by atoms with E-state index in [4.69, 9.17) is 4.74 Å². The number of hydrogen-bond donors (Lipinski definition) is 0. The van der Waals surface area contributed by atoms with Crippen LogP contribution in [0.5, 0.6) is 5.75 Å². The lowest BCUT2D eigenvalue weighted by Gasteiger charge is -2.08. The molecule has 0 aliphatic carbocycles. The molecule has 0 aliphatic rings. The van der Waals surface area contributed by atoms with Crippen LogP contribution in [0.25, 0.3) is 0 Å². The molecule has 0 bridgehead atoms. The highest BCUT2D eigenvalue weighted by Crippen LogP contribution is 2.28. The fourth-order valence-corrected chi connectivity index (χ4v) is 3.09. The summed E-state index contributed by atoms with van der Waals surface area (Å²) in [5, 5.41) is 1.94. The van der Waals surface area contributed by atoms with Gasteiger partial charge in [0, 0.05) is 5.56 Å². The van der Waals surface area contributed by atoms with Crippen LogP contribution in [0.15, 0.2) is 34.1 Å². The summed E-state index contributed by atoms with van der Waals surface area (Å²) in [6.45, 7) is 4.69. The molecule has 0 saturated heterocycles. The third-order valence-corrected chi connectivity index (χ3v) is 4.36. The zero-order valence-corrected chi connectivity index (χ0v) is 13.3. The van der Waals surface area contributed by atoms with Crippen LogP contribution in [0.4, 0.5) is 0 Å². The van der Waals surface area contributed by atoms with Crippen molar-refractivity contribution in [1.29, 1.82) is 0 Å². The molecule has 0 unspecified atom stereocenters. The molecule has 0 atom stereocenters. The Bertz CT molecular complexity index is 590. The summed E-state index contributed by atoms with van der Waals surface area (Å²) >= 11 is 4.93. The molecule has 1 heterocycles. The van der Waals surface area contributed by atoms with Gasteiger partial charge in [0.05, 0.1) is 16.0 Å². The molecule has 0 N–H and O–H groups in total. The second kappa shape index (κ2) is 6.35. The molecule has 2 aromatic rings. The summed E-state index contributed by atoms with van der Waals surface area (Å²) in [6, 6.07) is 7.45. The highest BCUT2D eigenvalue weighted by atomic mass is 79.9. The van der Waals surface area contributed by atoms with Gasteiger partial charge in [0.15, 0.2) is 0 Å². The molecule has 0 saturated carbocycles. The summed E-state index contributed by atoms with van der Waals surface area (Å²) < 4.78 is 6.40. The molecule has 0 radical (unpaired) electrons. The van der Waals surface area contributed by atoms with Crippen molar-refractivity contribution in [2.45, 2.75) is 20.3 Å². The summed E-state index contributed by atoms with van der Waals surface area (Å²) in [5.74, 6) is 0.844. The van der Waals surface area contributed by atoms with Crippen molar-refractivity contribution in [1.82, 2.24) is 0 Å². The van der Waals surface area contributed by atoms with Gasteiger partial charge in [-0.2, -0.15) is 0 Å². The van der Waals surface area contributed by atoms with Crippen molar-refractivity contribution >= 4 is 33.0 Å². The van der Waals surface area contributed by atoms with Gasteiger partial charge in [0.25, 0.3) is 0 Å². The topological polar surface area (TPSA) is 26.3 Å². The summed E-state index contributed by atoms with van der Waals surface area (Å²) in [5.41, 5.74) is 1.71. The van der Waals surface area contributed by atoms with Gasteiger partial charge in [0.1, 0.15) is 5.75 Å². The van der Waals surface area contributed by atoms with Gasteiger partial charge < -0.3 is 4.74 Å². The highest BCUT2D eigenvalue weighted by molar-refractivity contribution is 9.10. The van der Waals surface area contributed by atoms with Gasteiger partial charge in [-0.05, 0) is 64.5 Å². The lowest BCUT2D eigenvalue weighted by molar-refractivity contribution is 0.104. The Labute approximate surface area is 125 Å². The summed E-state index contributed by atoms with van der Waals surface area (Å²) in [7, 11) is 0. The SMILES string of the molecule is CCCOc1ccc(C(=O)c2sccc2C)cc1Br. The summed E-state index contributed by atoms with van der Waals surface area (Å²) in [6.07, 6.45) is 0.960. The van der Waals surface area contributed by atoms with Crippen LogP contribution in [0.1, 0.15) is 34.1 Å². The molecule has 1 aromatic heterocycles. The average molecular weight is 339 g/mol. The maximum atomic E-state index is 12.4. The fourth-order valence-electron chi connectivity index (χ4n) is 1.71. The van der Waals surface area contributed by atoms with Crippen molar-refractivity contribution in [2.24, 2.45) is 0 Å². The van der Waals surface area contributed by atoms with Crippen molar-refractivity contribution in [2.75, 3.05) is 6.61 Å². The Kier molecular flexibility index (Phi) is 4.77. The second-order valence-electron chi connectivity index (χ2n) is 4.26. The van der Waals surface area contributed by atoms with Crippen LogP contribution in [0, 0.1) is 6.92 Å². The van der Waals surface area contributed by atoms with Crippen LogP contribution >= 0.6 is 27.3 Å². The minimum atomic E-state index is 0.0650. The quantitative estimate of drug-likeness (QED) is 0.729. The van der Waals surface area contributed by atoms with Crippen molar-refractivity contribution in [3.05, 3.63) is 50.1 Å². The molecule has 1 aromatic carbocycles.